The summed E-state index contributed by atoms with van der Waals surface area (Å²) in [6.45, 7) is 0. The average Bonchev–Trinajstić information content (AvgIpc) is 3.16. The minimum absolute atomic E-state index is 0.242. The number of rotatable bonds is 3. The zero-order valence-electron chi connectivity index (χ0n) is 13.5. The lowest BCUT2D eigenvalue weighted by Crippen LogP contribution is -2.33. The number of ether oxygens (including phenoxy) is 1. The van der Waals surface area contributed by atoms with Crippen LogP contribution in [-0.2, 0) is 14.4 Å². The molecule has 2 heterocycles. The highest BCUT2D eigenvalue weighted by atomic mass is 35.5. The maximum Gasteiger partial charge on any atom is 0.279 e. The molecular weight excluding hydrogens is 363 g/mol. The predicted molar refractivity (Wildman–Crippen MR) is 91.8 cm³/mol. The van der Waals surface area contributed by atoms with Gasteiger partial charge in [-0.1, -0.05) is 28.9 Å². The molecule has 2 aromatic carbocycles. The van der Waals surface area contributed by atoms with Gasteiger partial charge in [-0.05, 0) is 30.3 Å². The molecule has 4 rings (SSSR count). The third kappa shape index (κ3) is 2.43. The van der Waals surface area contributed by atoms with Gasteiger partial charge in [-0.15, -0.1) is 0 Å². The molecule has 0 N–H and O–H groups in total. The van der Waals surface area contributed by atoms with Gasteiger partial charge in [-0.25, -0.2) is 9.29 Å². The highest BCUT2D eigenvalue weighted by molar-refractivity contribution is 6.34. The smallest absolute Gasteiger partial charge is 0.279 e. The van der Waals surface area contributed by atoms with Crippen molar-refractivity contribution in [1.82, 2.24) is 0 Å². The van der Waals surface area contributed by atoms with Crippen LogP contribution in [0.3, 0.4) is 0 Å². The Bertz CT molecular complexity index is 945. The van der Waals surface area contributed by atoms with Gasteiger partial charge < -0.3 is 9.57 Å². The van der Waals surface area contributed by atoms with Crippen molar-refractivity contribution in [2.45, 2.75) is 6.10 Å². The first-order chi connectivity index (χ1) is 12.5. The van der Waals surface area contributed by atoms with Crippen LogP contribution >= 0.6 is 11.6 Å². The molecule has 0 aromatic heterocycles. The Morgan fingerprint density at radius 2 is 1.88 bits per heavy atom. The fraction of sp³-hybridized carbons (Fsp3) is 0.167. The first-order valence-electron chi connectivity index (χ1n) is 7.72. The van der Waals surface area contributed by atoms with E-state index in [2.05, 4.69) is 5.16 Å². The topological polar surface area (TPSA) is 68.2 Å². The summed E-state index contributed by atoms with van der Waals surface area (Å²) in [4.78, 5) is 32.0. The van der Waals surface area contributed by atoms with Crippen molar-refractivity contribution in [3.05, 3.63) is 58.9 Å². The number of anilines is 1. The van der Waals surface area contributed by atoms with Crippen LogP contribution in [0.2, 0.25) is 5.02 Å². The van der Waals surface area contributed by atoms with Gasteiger partial charge in [-0.2, -0.15) is 0 Å². The summed E-state index contributed by atoms with van der Waals surface area (Å²) in [7, 11) is 1.43. The molecule has 2 aliphatic heterocycles. The lowest BCUT2D eigenvalue weighted by Gasteiger charge is -2.18. The fourth-order valence-corrected chi connectivity index (χ4v) is 3.28. The van der Waals surface area contributed by atoms with Gasteiger partial charge in [0.2, 0.25) is 12.0 Å². The van der Waals surface area contributed by atoms with Crippen molar-refractivity contribution in [2.75, 3.05) is 12.0 Å². The van der Waals surface area contributed by atoms with E-state index in [4.69, 9.17) is 21.2 Å². The Morgan fingerprint density at radius 3 is 2.58 bits per heavy atom. The maximum atomic E-state index is 13.2. The van der Waals surface area contributed by atoms with E-state index in [1.807, 2.05) is 0 Å². The largest absolute Gasteiger partial charge is 0.495 e. The summed E-state index contributed by atoms with van der Waals surface area (Å²) in [5, 5.41) is 4.23. The fourth-order valence-electron chi connectivity index (χ4n) is 3.11. The predicted octanol–water partition coefficient (Wildman–Crippen LogP) is 2.78. The number of hydrogen-bond donors (Lipinski definition) is 0. The minimum Gasteiger partial charge on any atom is -0.495 e. The molecule has 8 heteroatoms. The summed E-state index contributed by atoms with van der Waals surface area (Å²) in [5.74, 6) is -2.04. The Kier molecular flexibility index (Phi) is 3.88. The first-order valence-corrected chi connectivity index (χ1v) is 8.10. The van der Waals surface area contributed by atoms with E-state index in [1.165, 1.54) is 37.4 Å². The van der Waals surface area contributed by atoms with E-state index < -0.39 is 29.7 Å². The lowest BCUT2D eigenvalue weighted by atomic mass is 9.94. The first kappa shape index (κ1) is 16.5. The van der Waals surface area contributed by atoms with Gasteiger partial charge in [0.15, 0.2) is 0 Å². The highest BCUT2D eigenvalue weighted by Crippen LogP contribution is 2.39. The quantitative estimate of drug-likeness (QED) is 0.775. The highest BCUT2D eigenvalue weighted by Gasteiger charge is 2.56. The van der Waals surface area contributed by atoms with Crippen molar-refractivity contribution < 1.29 is 23.6 Å². The molecule has 0 saturated carbocycles. The van der Waals surface area contributed by atoms with Gasteiger partial charge in [0.25, 0.3) is 5.91 Å². The van der Waals surface area contributed by atoms with Crippen LogP contribution in [0.15, 0.2) is 47.6 Å². The molecule has 2 aromatic rings. The Hall–Kier alpha value is -2.93. The number of carbonyl (C=O) groups excluding carboxylic acids is 2. The third-order valence-electron chi connectivity index (χ3n) is 4.33. The van der Waals surface area contributed by atoms with Gasteiger partial charge in [0.05, 0.1) is 12.8 Å². The van der Waals surface area contributed by atoms with Crippen molar-refractivity contribution in [2.24, 2.45) is 11.1 Å². The minimum atomic E-state index is -1.06. The summed E-state index contributed by atoms with van der Waals surface area (Å²) in [6.07, 6.45) is -1.06. The molecule has 0 aliphatic carbocycles. The number of carbonyl (C=O) groups is 2. The Balaban J connectivity index is 1.74. The molecule has 6 nitrogen and oxygen atoms in total. The molecule has 2 unspecified atom stereocenters. The summed E-state index contributed by atoms with van der Waals surface area (Å²) in [5.41, 5.74) is 1.04. The summed E-state index contributed by atoms with van der Waals surface area (Å²) < 4.78 is 18.4. The van der Waals surface area contributed by atoms with E-state index in [0.29, 0.717) is 16.3 Å². The van der Waals surface area contributed by atoms with E-state index in [1.54, 1.807) is 12.1 Å². The van der Waals surface area contributed by atoms with Crippen LogP contribution in [0.25, 0.3) is 0 Å². The number of halogens is 2. The number of oxime groups is 1. The second-order valence-corrected chi connectivity index (χ2v) is 6.25. The van der Waals surface area contributed by atoms with Crippen molar-refractivity contribution in [3.8, 4) is 5.75 Å². The van der Waals surface area contributed by atoms with E-state index in [0.717, 1.165) is 4.90 Å². The Morgan fingerprint density at radius 1 is 1.15 bits per heavy atom. The van der Waals surface area contributed by atoms with Crippen LogP contribution in [0.1, 0.15) is 5.56 Å². The monoisotopic (exact) mass is 374 g/mol. The normalized spacial score (nSPS) is 21.5. The molecule has 132 valence electrons. The molecule has 0 radical (unpaired) electrons. The number of hydrogen-bond acceptors (Lipinski definition) is 5. The zero-order chi connectivity index (χ0) is 18.4. The number of benzene rings is 2. The van der Waals surface area contributed by atoms with Gasteiger partial charge >= 0.3 is 0 Å². The molecule has 2 atom stereocenters. The van der Waals surface area contributed by atoms with Crippen LogP contribution in [-0.4, -0.2) is 30.7 Å². The second-order valence-electron chi connectivity index (χ2n) is 5.82. The van der Waals surface area contributed by atoms with Crippen LogP contribution < -0.4 is 9.64 Å². The Labute approximate surface area is 152 Å². The van der Waals surface area contributed by atoms with Gasteiger partial charge in [-0.3, -0.25) is 9.59 Å². The van der Waals surface area contributed by atoms with Crippen molar-refractivity contribution in [3.63, 3.8) is 0 Å². The second kappa shape index (κ2) is 6.10. The van der Waals surface area contributed by atoms with Crippen LogP contribution in [0, 0.1) is 11.7 Å². The molecular formula is C18H12ClFN2O4. The summed E-state index contributed by atoms with van der Waals surface area (Å²) >= 11 is 6.01. The molecule has 2 aliphatic rings. The molecule has 0 bridgehead atoms. The zero-order valence-corrected chi connectivity index (χ0v) is 14.2. The SMILES string of the molecule is COc1ccc(Cl)cc1N1C(=O)C2ON=C(c3ccc(F)cc3)C2C1=O. The molecule has 1 fully saturated rings. The van der Waals surface area contributed by atoms with Crippen LogP contribution in [0.4, 0.5) is 10.1 Å². The maximum absolute atomic E-state index is 13.2. The summed E-state index contributed by atoms with van der Waals surface area (Å²) in [6, 6.07) is 10.1. The van der Waals surface area contributed by atoms with E-state index in [-0.39, 0.29) is 11.4 Å². The standard InChI is InChI=1S/C18H12ClFN2O4/c1-25-13-7-4-10(19)8-12(13)22-17(23)14-15(21-26-16(14)18(22)24)9-2-5-11(20)6-3-9/h2-8,14,16H,1H3. The molecule has 0 spiro atoms. The van der Waals surface area contributed by atoms with Gasteiger partial charge in [0, 0.05) is 10.6 Å². The van der Waals surface area contributed by atoms with E-state index >= 15 is 0 Å². The van der Waals surface area contributed by atoms with Crippen molar-refractivity contribution in [1.29, 1.82) is 0 Å². The lowest BCUT2D eigenvalue weighted by molar-refractivity contribution is -0.126. The molecule has 2 amide bonds. The van der Waals surface area contributed by atoms with Crippen LogP contribution in [0.5, 0.6) is 5.75 Å². The molecule has 26 heavy (non-hydrogen) atoms. The average molecular weight is 375 g/mol. The number of fused-ring (bicyclic) bond motifs is 1. The third-order valence-corrected chi connectivity index (χ3v) is 4.57. The van der Waals surface area contributed by atoms with Crippen molar-refractivity contribution >= 4 is 34.8 Å². The van der Waals surface area contributed by atoms with E-state index in [9.17, 15) is 14.0 Å². The number of nitrogens with zero attached hydrogens (tertiary/aromatic N) is 2. The number of imide groups is 1. The van der Waals surface area contributed by atoms with Gasteiger partial charge in [0.1, 0.15) is 23.2 Å². The molecule has 1 saturated heterocycles. The number of methoxy groups -OCH3 is 1. The number of amides is 2.